The third kappa shape index (κ3) is 4.25. The SMILES string of the molecule is COc1ccc(NC(=O)NC(C)C(C)CN)cc1. The van der Waals surface area contributed by atoms with Crippen LogP contribution < -0.4 is 21.1 Å². The summed E-state index contributed by atoms with van der Waals surface area (Å²) in [6, 6.07) is 6.97. The number of carbonyl (C=O) groups is 1. The molecular formula is C13H21N3O2. The van der Waals surface area contributed by atoms with Gasteiger partial charge in [-0.1, -0.05) is 6.92 Å². The molecule has 1 rings (SSSR count). The number of amides is 2. The van der Waals surface area contributed by atoms with Crippen LogP contribution in [0.15, 0.2) is 24.3 Å². The van der Waals surface area contributed by atoms with Crippen molar-refractivity contribution in [2.45, 2.75) is 19.9 Å². The van der Waals surface area contributed by atoms with Gasteiger partial charge in [-0.25, -0.2) is 4.79 Å². The summed E-state index contributed by atoms with van der Waals surface area (Å²) < 4.78 is 5.04. The molecule has 0 saturated heterocycles. The van der Waals surface area contributed by atoms with Gasteiger partial charge in [0.05, 0.1) is 7.11 Å². The highest BCUT2D eigenvalue weighted by molar-refractivity contribution is 5.89. The van der Waals surface area contributed by atoms with Gasteiger partial charge in [-0.05, 0) is 43.7 Å². The fourth-order valence-electron chi connectivity index (χ4n) is 1.39. The molecule has 0 fully saturated rings. The zero-order valence-corrected chi connectivity index (χ0v) is 11.1. The van der Waals surface area contributed by atoms with Crippen molar-refractivity contribution >= 4 is 11.7 Å². The summed E-state index contributed by atoms with van der Waals surface area (Å²) in [5.74, 6) is 0.998. The van der Waals surface area contributed by atoms with Gasteiger partial charge < -0.3 is 21.1 Å². The van der Waals surface area contributed by atoms with Crippen LogP contribution in [0.3, 0.4) is 0 Å². The van der Waals surface area contributed by atoms with Gasteiger partial charge in [0.1, 0.15) is 5.75 Å². The fraction of sp³-hybridized carbons (Fsp3) is 0.462. The Kier molecular flexibility index (Phi) is 5.45. The van der Waals surface area contributed by atoms with Crippen molar-refractivity contribution in [2.75, 3.05) is 19.0 Å². The Bertz CT molecular complexity index is 378. The topological polar surface area (TPSA) is 76.4 Å². The van der Waals surface area contributed by atoms with Gasteiger partial charge in [0.25, 0.3) is 0 Å². The first-order chi connectivity index (χ1) is 8.56. The molecule has 1 aromatic rings. The number of benzene rings is 1. The zero-order chi connectivity index (χ0) is 13.5. The maximum absolute atomic E-state index is 11.7. The van der Waals surface area contributed by atoms with E-state index >= 15 is 0 Å². The van der Waals surface area contributed by atoms with Crippen LogP contribution >= 0.6 is 0 Å². The predicted octanol–water partition coefficient (Wildman–Crippen LogP) is 1.80. The average Bonchev–Trinajstić information content (AvgIpc) is 2.38. The van der Waals surface area contributed by atoms with Gasteiger partial charge in [-0.2, -0.15) is 0 Å². The van der Waals surface area contributed by atoms with Crippen molar-refractivity contribution in [2.24, 2.45) is 11.7 Å². The number of anilines is 1. The molecule has 0 aromatic heterocycles. The molecule has 5 heteroatoms. The van der Waals surface area contributed by atoms with E-state index in [2.05, 4.69) is 10.6 Å². The molecule has 2 amide bonds. The maximum atomic E-state index is 11.7. The normalized spacial score (nSPS) is 13.6. The van der Waals surface area contributed by atoms with E-state index in [0.29, 0.717) is 6.54 Å². The van der Waals surface area contributed by atoms with Gasteiger partial charge in [-0.15, -0.1) is 0 Å². The lowest BCUT2D eigenvalue weighted by Crippen LogP contribution is -2.41. The average molecular weight is 251 g/mol. The summed E-state index contributed by atoms with van der Waals surface area (Å²) in [5, 5.41) is 5.60. The maximum Gasteiger partial charge on any atom is 0.319 e. The number of carbonyl (C=O) groups excluding carboxylic acids is 1. The molecule has 1 aromatic carbocycles. The van der Waals surface area contributed by atoms with Gasteiger partial charge >= 0.3 is 6.03 Å². The second-order valence-corrected chi connectivity index (χ2v) is 4.33. The highest BCUT2D eigenvalue weighted by Gasteiger charge is 2.13. The van der Waals surface area contributed by atoms with E-state index in [-0.39, 0.29) is 18.0 Å². The molecule has 0 spiro atoms. The number of methoxy groups -OCH3 is 1. The second kappa shape index (κ2) is 6.86. The molecule has 0 bridgehead atoms. The zero-order valence-electron chi connectivity index (χ0n) is 11.1. The molecule has 0 aliphatic heterocycles. The molecule has 18 heavy (non-hydrogen) atoms. The number of hydrogen-bond donors (Lipinski definition) is 3. The van der Waals surface area contributed by atoms with E-state index in [9.17, 15) is 4.79 Å². The molecule has 5 nitrogen and oxygen atoms in total. The number of nitrogens with one attached hydrogen (secondary N) is 2. The molecule has 0 radical (unpaired) electrons. The molecule has 0 heterocycles. The number of hydrogen-bond acceptors (Lipinski definition) is 3. The Morgan fingerprint density at radius 1 is 1.33 bits per heavy atom. The largest absolute Gasteiger partial charge is 0.497 e. The van der Waals surface area contributed by atoms with Crippen LogP contribution in [0.25, 0.3) is 0 Å². The Morgan fingerprint density at radius 3 is 2.44 bits per heavy atom. The lowest BCUT2D eigenvalue weighted by Gasteiger charge is -2.20. The molecule has 0 aliphatic carbocycles. The van der Waals surface area contributed by atoms with E-state index in [1.54, 1.807) is 31.4 Å². The van der Waals surface area contributed by atoms with Crippen LogP contribution in [0, 0.1) is 5.92 Å². The monoisotopic (exact) mass is 251 g/mol. The molecule has 100 valence electrons. The molecule has 0 aliphatic rings. The van der Waals surface area contributed by atoms with E-state index < -0.39 is 0 Å². The Balaban J connectivity index is 2.48. The molecular weight excluding hydrogens is 230 g/mol. The van der Waals surface area contributed by atoms with Crippen molar-refractivity contribution in [3.8, 4) is 5.75 Å². The van der Waals surface area contributed by atoms with E-state index in [4.69, 9.17) is 10.5 Å². The van der Waals surface area contributed by atoms with Crippen molar-refractivity contribution < 1.29 is 9.53 Å². The van der Waals surface area contributed by atoms with E-state index in [0.717, 1.165) is 11.4 Å². The number of rotatable bonds is 5. The lowest BCUT2D eigenvalue weighted by molar-refractivity contribution is 0.245. The molecule has 2 atom stereocenters. The number of ether oxygens (including phenoxy) is 1. The van der Waals surface area contributed by atoms with Crippen molar-refractivity contribution in [3.05, 3.63) is 24.3 Å². The van der Waals surface area contributed by atoms with Crippen LogP contribution in [0.5, 0.6) is 5.75 Å². The summed E-state index contributed by atoms with van der Waals surface area (Å²) in [4.78, 5) is 11.7. The highest BCUT2D eigenvalue weighted by atomic mass is 16.5. The summed E-state index contributed by atoms with van der Waals surface area (Å²) in [5.41, 5.74) is 6.27. The van der Waals surface area contributed by atoms with E-state index in [1.807, 2.05) is 13.8 Å². The summed E-state index contributed by atoms with van der Waals surface area (Å²) in [6.07, 6.45) is 0. The van der Waals surface area contributed by atoms with Crippen molar-refractivity contribution in [3.63, 3.8) is 0 Å². The van der Waals surface area contributed by atoms with Crippen LogP contribution in [0.1, 0.15) is 13.8 Å². The minimum Gasteiger partial charge on any atom is -0.497 e. The third-order valence-corrected chi connectivity index (χ3v) is 2.93. The van der Waals surface area contributed by atoms with Crippen molar-refractivity contribution in [1.29, 1.82) is 0 Å². The van der Waals surface area contributed by atoms with Crippen LogP contribution in [-0.4, -0.2) is 25.7 Å². The molecule has 0 saturated carbocycles. The van der Waals surface area contributed by atoms with E-state index in [1.165, 1.54) is 0 Å². The molecule has 2 unspecified atom stereocenters. The third-order valence-electron chi connectivity index (χ3n) is 2.93. The Morgan fingerprint density at radius 2 is 1.94 bits per heavy atom. The van der Waals surface area contributed by atoms with Crippen LogP contribution in [0.4, 0.5) is 10.5 Å². The minimum absolute atomic E-state index is 0.0354. The first-order valence-corrected chi connectivity index (χ1v) is 5.98. The minimum atomic E-state index is -0.229. The van der Waals surface area contributed by atoms with Gasteiger partial charge in [-0.3, -0.25) is 0 Å². The van der Waals surface area contributed by atoms with Gasteiger partial charge in [0.15, 0.2) is 0 Å². The Labute approximate surface area is 108 Å². The Hall–Kier alpha value is -1.75. The fourth-order valence-corrected chi connectivity index (χ4v) is 1.39. The quantitative estimate of drug-likeness (QED) is 0.747. The first kappa shape index (κ1) is 14.3. The first-order valence-electron chi connectivity index (χ1n) is 5.98. The van der Waals surface area contributed by atoms with Gasteiger partial charge in [0, 0.05) is 11.7 Å². The molecule has 4 N–H and O–H groups in total. The summed E-state index contributed by atoms with van der Waals surface area (Å²) in [6.45, 7) is 4.48. The number of urea groups is 1. The van der Waals surface area contributed by atoms with Gasteiger partial charge in [0.2, 0.25) is 0 Å². The van der Waals surface area contributed by atoms with Crippen molar-refractivity contribution in [1.82, 2.24) is 5.32 Å². The summed E-state index contributed by atoms with van der Waals surface area (Å²) in [7, 11) is 1.60. The smallest absolute Gasteiger partial charge is 0.319 e. The number of nitrogens with two attached hydrogens (primary N) is 1. The van der Waals surface area contributed by atoms with Crippen LogP contribution in [0.2, 0.25) is 0 Å². The standard InChI is InChI=1S/C13H21N3O2/c1-9(8-14)10(2)15-13(17)16-11-4-6-12(18-3)7-5-11/h4-7,9-10H,8,14H2,1-3H3,(H2,15,16,17). The predicted molar refractivity (Wildman–Crippen MR) is 72.8 cm³/mol. The summed E-state index contributed by atoms with van der Waals surface area (Å²) >= 11 is 0. The lowest BCUT2D eigenvalue weighted by atomic mass is 10.0. The highest BCUT2D eigenvalue weighted by Crippen LogP contribution is 2.14. The second-order valence-electron chi connectivity index (χ2n) is 4.33. The van der Waals surface area contributed by atoms with Crippen LogP contribution in [-0.2, 0) is 0 Å².